The van der Waals surface area contributed by atoms with Gasteiger partial charge in [-0.1, -0.05) is 12.1 Å². The van der Waals surface area contributed by atoms with Gasteiger partial charge in [0.05, 0.1) is 18.4 Å². The molecule has 0 radical (unpaired) electrons. The molecule has 9 heteroatoms. The molecule has 0 bridgehead atoms. The second-order valence-electron chi connectivity index (χ2n) is 6.42. The van der Waals surface area contributed by atoms with Gasteiger partial charge in [-0.2, -0.15) is 5.10 Å². The van der Waals surface area contributed by atoms with Gasteiger partial charge in [0.25, 0.3) is 11.8 Å². The van der Waals surface area contributed by atoms with Crippen molar-refractivity contribution in [1.29, 1.82) is 0 Å². The quantitative estimate of drug-likeness (QED) is 0.481. The van der Waals surface area contributed by atoms with Crippen molar-refractivity contribution in [2.45, 2.75) is 19.9 Å². The molecular weight excluding hydrogens is 402 g/mol. The first-order chi connectivity index (χ1) is 14.5. The number of nitrogens with one attached hydrogen (secondary N) is 3. The molecule has 3 aromatic rings. The Hall–Kier alpha value is -3.46. The molecule has 3 rings (SSSR count). The van der Waals surface area contributed by atoms with Gasteiger partial charge in [0.1, 0.15) is 11.6 Å². The van der Waals surface area contributed by atoms with Crippen LogP contribution < -0.4 is 15.4 Å². The van der Waals surface area contributed by atoms with Gasteiger partial charge in [-0.3, -0.25) is 14.7 Å². The summed E-state index contributed by atoms with van der Waals surface area (Å²) in [7, 11) is 1.56. The predicted molar refractivity (Wildman–Crippen MR) is 117 cm³/mol. The molecule has 156 valence electrons. The molecule has 3 N–H and O–H groups in total. The minimum Gasteiger partial charge on any atom is -0.497 e. The van der Waals surface area contributed by atoms with E-state index in [0.717, 1.165) is 5.82 Å². The van der Waals surface area contributed by atoms with Crippen molar-refractivity contribution in [3.05, 3.63) is 70.3 Å². The Morgan fingerprint density at radius 1 is 1.13 bits per heavy atom. The molecule has 1 heterocycles. The zero-order chi connectivity index (χ0) is 21.5. The van der Waals surface area contributed by atoms with Gasteiger partial charge in [-0.05, 0) is 55.5 Å². The van der Waals surface area contributed by atoms with Crippen molar-refractivity contribution in [3.8, 4) is 5.75 Å². The van der Waals surface area contributed by atoms with Crippen molar-refractivity contribution in [3.63, 3.8) is 0 Å². The van der Waals surface area contributed by atoms with Crippen molar-refractivity contribution in [2.24, 2.45) is 0 Å². The average Bonchev–Trinajstić information content (AvgIpc) is 3.13. The zero-order valence-corrected chi connectivity index (χ0v) is 17.6. The summed E-state index contributed by atoms with van der Waals surface area (Å²) in [5.41, 5.74) is 1.29. The summed E-state index contributed by atoms with van der Waals surface area (Å²) >= 11 is 5.17. The molecule has 2 amide bonds. The van der Waals surface area contributed by atoms with E-state index in [0.29, 0.717) is 46.8 Å². The number of hydrogen-bond donors (Lipinski definition) is 3. The highest BCUT2D eigenvalue weighted by Gasteiger charge is 2.14. The Balaban J connectivity index is 1.65. The molecule has 0 aliphatic heterocycles. The molecule has 0 aliphatic carbocycles. The number of rotatable bonds is 8. The monoisotopic (exact) mass is 425 g/mol. The predicted octanol–water partition coefficient (Wildman–Crippen LogP) is 3.19. The highest BCUT2D eigenvalue weighted by atomic mass is 32.1. The summed E-state index contributed by atoms with van der Waals surface area (Å²) in [6.07, 6.45) is 0.535. The third-order valence-corrected chi connectivity index (χ3v) is 4.87. The number of ether oxygens (including phenoxy) is 1. The van der Waals surface area contributed by atoms with Gasteiger partial charge < -0.3 is 19.9 Å². The number of aromatic nitrogens is 3. The average molecular weight is 426 g/mol. The van der Waals surface area contributed by atoms with Gasteiger partial charge in [-0.25, -0.2) is 0 Å². The molecule has 30 heavy (non-hydrogen) atoms. The number of aromatic amines is 1. The largest absolute Gasteiger partial charge is 0.497 e. The van der Waals surface area contributed by atoms with Crippen LogP contribution in [-0.2, 0) is 13.0 Å². The van der Waals surface area contributed by atoms with Gasteiger partial charge in [-0.15, -0.1) is 0 Å². The fourth-order valence-electron chi connectivity index (χ4n) is 2.98. The second kappa shape index (κ2) is 9.84. The number of H-pyrrole nitrogens is 1. The first-order valence-corrected chi connectivity index (χ1v) is 9.91. The van der Waals surface area contributed by atoms with Crippen molar-refractivity contribution in [1.82, 2.24) is 20.1 Å². The molecule has 1 aromatic heterocycles. The van der Waals surface area contributed by atoms with Crippen LogP contribution in [-0.4, -0.2) is 40.2 Å². The molecule has 0 unspecified atom stereocenters. The van der Waals surface area contributed by atoms with Crippen LogP contribution in [0.4, 0.5) is 5.69 Å². The number of hydrogen-bond acceptors (Lipinski definition) is 5. The molecule has 0 saturated heterocycles. The zero-order valence-electron chi connectivity index (χ0n) is 16.8. The molecular formula is C21H23N5O3S. The maximum Gasteiger partial charge on any atom is 0.255 e. The van der Waals surface area contributed by atoms with Crippen LogP contribution in [0.15, 0.2) is 48.5 Å². The first kappa shape index (κ1) is 21.3. The Kier molecular flexibility index (Phi) is 6.97. The molecule has 0 aliphatic rings. The van der Waals surface area contributed by atoms with E-state index in [9.17, 15) is 9.59 Å². The molecule has 0 atom stereocenters. The fourth-order valence-corrected chi connectivity index (χ4v) is 3.26. The Morgan fingerprint density at radius 2 is 1.87 bits per heavy atom. The van der Waals surface area contributed by atoms with Crippen LogP contribution in [0, 0.1) is 4.77 Å². The van der Waals surface area contributed by atoms with E-state index >= 15 is 0 Å². The Labute approximate surface area is 179 Å². The van der Waals surface area contributed by atoms with Crippen LogP contribution in [0.3, 0.4) is 0 Å². The van der Waals surface area contributed by atoms with E-state index in [4.69, 9.17) is 17.0 Å². The number of benzene rings is 2. The maximum absolute atomic E-state index is 12.7. The van der Waals surface area contributed by atoms with E-state index in [1.807, 2.05) is 11.5 Å². The maximum atomic E-state index is 12.7. The van der Waals surface area contributed by atoms with E-state index in [2.05, 4.69) is 20.8 Å². The van der Waals surface area contributed by atoms with Crippen LogP contribution in [0.25, 0.3) is 0 Å². The third-order valence-electron chi connectivity index (χ3n) is 4.56. The van der Waals surface area contributed by atoms with Crippen LogP contribution >= 0.6 is 12.2 Å². The number of methoxy groups -OCH3 is 1. The lowest BCUT2D eigenvalue weighted by atomic mass is 10.1. The highest BCUT2D eigenvalue weighted by molar-refractivity contribution is 7.71. The van der Waals surface area contributed by atoms with E-state index in [-0.39, 0.29) is 11.8 Å². The Morgan fingerprint density at radius 3 is 2.57 bits per heavy atom. The van der Waals surface area contributed by atoms with Crippen LogP contribution in [0.1, 0.15) is 33.5 Å². The van der Waals surface area contributed by atoms with Crippen molar-refractivity contribution < 1.29 is 14.3 Å². The van der Waals surface area contributed by atoms with Gasteiger partial charge in [0.2, 0.25) is 0 Å². The summed E-state index contributed by atoms with van der Waals surface area (Å²) in [4.78, 5) is 25.2. The summed E-state index contributed by atoms with van der Waals surface area (Å²) in [6, 6.07) is 13.6. The molecule has 8 nitrogen and oxygen atoms in total. The number of carbonyl (C=O) groups is 2. The van der Waals surface area contributed by atoms with Crippen molar-refractivity contribution in [2.75, 3.05) is 19.0 Å². The fraction of sp³-hybridized carbons (Fsp3) is 0.238. The van der Waals surface area contributed by atoms with E-state index in [1.54, 1.807) is 55.6 Å². The second-order valence-corrected chi connectivity index (χ2v) is 6.81. The molecule has 2 aromatic carbocycles. The van der Waals surface area contributed by atoms with Crippen LogP contribution in [0.5, 0.6) is 5.75 Å². The highest BCUT2D eigenvalue weighted by Crippen LogP contribution is 2.17. The SMILES string of the molecule is CCn1c(CCNC(=O)c2ccccc2NC(=O)c2ccc(OC)cc2)n[nH]c1=S. The summed E-state index contributed by atoms with van der Waals surface area (Å²) in [5, 5.41) is 12.6. The van der Waals surface area contributed by atoms with Gasteiger partial charge in [0, 0.05) is 25.1 Å². The number of carbonyl (C=O) groups excluding carboxylic acids is 2. The standard InChI is InChI=1S/C21H23N5O3S/c1-3-26-18(24-25-21(26)30)12-13-22-20(28)16-6-4-5-7-17(16)23-19(27)14-8-10-15(29-2)11-9-14/h4-11H,3,12-13H2,1-2H3,(H,22,28)(H,23,27)(H,25,30). The van der Waals surface area contributed by atoms with E-state index < -0.39 is 0 Å². The number of para-hydroxylation sites is 1. The number of amides is 2. The number of nitrogens with zero attached hydrogens (tertiary/aromatic N) is 2. The lowest BCUT2D eigenvalue weighted by molar-refractivity contribution is 0.0954. The Bertz CT molecular complexity index is 1090. The first-order valence-electron chi connectivity index (χ1n) is 9.50. The molecule has 0 saturated carbocycles. The molecule has 0 fully saturated rings. The van der Waals surface area contributed by atoms with Gasteiger partial charge >= 0.3 is 0 Å². The normalized spacial score (nSPS) is 10.5. The summed E-state index contributed by atoms with van der Waals surface area (Å²) in [6.45, 7) is 3.08. The third kappa shape index (κ3) is 4.93. The lowest BCUT2D eigenvalue weighted by Crippen LogP contribution is -2.27. The topological polar surface area (TPSA) is 101 Å². The van der Waals surface area contributed by atoms with E-state index in [1.165, 1.54) is 0 Å². The minimum atomic E-state index is -0.309. The van der Waals surface area contributed by atoms with Gasteiger partial charge in [0.15, 0.2) is 4.77 Å². The molecule has 0 spiro atoms. The van der Waals surface area contributed by atoms with Crippen molar-refractivity contribution >= 4 is 29.7 Å². The lowest BCUT2D eigenvalue weighted by Gasteiger charge is -2.12. The number of anilines is 1. The summed E-state index contributed by atoms with van der Waals surface area (Å²) < 4.78 is 7.54. The minimum absolute atomic E-state index is 0.280. The van der Waals surface area contributed by atoms with Crippen LogP contribution in [0.2, 0.25) is 0 Å². The smallest absolute Gasteiger partial charge is 0.255 e. The summed E-state index contributed by atoms with van der Waals surface area (Å²) in [5.74, 6) is 0.855.